The van der Waals surface area contributed by atoms with Crippen LogP contribution in [0.3, 0.4) is 0 Å². The standard InChI is InChI=1S/C27H20N4O3S/c28-18-9-7-16(24-6-3-13-35-24)14-20(18)31-27(32)17-8-10-19-21(15-17)30-26(23-5-2-12-34-23)25(29-19)22-4-1-11-33-22/h1-3,5-15,22H,4,28H2,(H,31,32). The van der Waals surface area contributed by atoms with Crippen molar-refractivity contribution >= 4 is 39.7 Å². The SMILES string of the molecule is Nc1ccc(-c2cccs2)cc1NC(=O)c1ccc2nc(C3CC=CO3)c(-c3ccco3)nc2c1. The Balaban J connectivity index is 1.35. The van der Waals surface area contributed by atoms with E-state index >= 15 is 0 Å². The number of thiophene rings is 1. The second-order valence-corrected chi connectivity index (χ2v) is 9.05. The maximum atomic E-state index is 13.1. The van der Waals surface area contributed by atoms with E-state index in [1.807, 2.05) is 41.8 Å². The average Bonchev–Trinajstić information content (AvgIpc) is 3.67. The molecular weight excluding hydrogens is 460 g/mol. The summed E-state index contributed by atoms with van der Waals surface area (Å²) < 4.78 is 11.3. The Morgan fingerprint density at radius 3 is 2.77 bits per heavy atom. The van der Waals surface area contributed by atoms with E-state index in [0.717, 1.165) is 10.4 Å². The van der Waals surface area contributed by atoms with Crippen molar-refractivity contribution in [3.63, 3.8) is 0 Å². The molecule has 5 aromatic rings. The Hall–Kier alpha value is -4.43. The van der Waals surface area contributed by atoms with E-state index in [9.17, 15) is 4.79 Å². The maximum absolute atomic E-state index is 13.1. The first kappa shape index (κ1) is 21.1. The Bertz CT molecular complexity index is 1550. The van der Waals surface area contributed by atoms with Crippen molar-refractivity contribution in [2.75, 3.05) is 11.1 Å². The molecule has 8 heteroatoms. The van der Waals surface area contributed by atoms with E-state index in [2.05, 4.69) is 5.32 Å². The van der Waals surface area contributed by atoms with E-state index in [0.29, 0.717) is 51.5 Å². The minimum absolute atomic E-state index is 0.228. The van der Waals surface area contributed by atoms with E-state index in [1.165, 1.54) is 0 Å². The van der Waals surface area contributed by atoms with Gasteiger partial charge in [0.15, 0.2) is 5.76 Å². The quantitative estimate of drug-likeness (QED) is 0.281. The molecule has 3 N–H and O–H groups in total. The number of amides is 1. The minimum Gasteiger partial charge on any atom is -0.492 e. The van der Waals surface area contributed by atoms with Gasteiger partial charge in [0.2, 0.25) is 0 Å². The van der Waals surface area contributed by atoms with Gasteiger partial charge in [-0.1, -0.05) is 12.1 Å². The van der Waals surface area contributed by atoms with Gasteiger partial charge in [0.25, 0.3) is 5.91 Å². The predicted octanol–water partition coefficient (Wildman–Crippen LogP) is 6.43. The fourth-order valence-corrected chi connectivity index (χ4v) is 4.77. The molecule has 0 saturated carbocycles. The molecule has 6 rings (SSSR count). The van der Waals surface area contributed by atoms with Gasteiger partial charge in [0, 0.05) is 16.9 Å². The van der Waals surface area contributed by atoms with Crippen LogP contribution in [-0.2, 0) is 4.74 Å². The van der Waals surface area contributed by atoms with Crippen molar-refractivity contribution < 1.29 is 13.9 Å². The third-order valence-electron chi connectivity index (χ3n) is 5.81. The van der Waals surface area contributed by atoms with Gasteiger partial charge in [-0.2, -0.15) is 0 Å². The molecule has 0 radical (unpaired) electrons. The monoisotopic (exact) mass is 480 g/mol. The number of ether oxygens (including phenoxy) is 1. The fourth-order valence-electron chi connectivity index (χ4n) is 4.04. The van der Waals surface area contributed by atoms with Crippen molar-refractivity contribution in [1.29, 1.82) is 0 Å². The topological polar surface area (TPSA) is 103 Å². The number of hydrogen-bond acceptors (Lipinski definition) is 7. The van der Waals surface area contributed by atoms with Gasteiger partial charge in [-0.25, -0.2) is 9.97 Å². The first-order valence-electron chi connectivity index (χ1n) is 11.1. The summed E-state index contributed by atoms with van der Waals surface area (Å²) in [5.74, 6) is 0.314. The molecule has 1 aliphatic heterocycles. The number of nitrogens with one attached hydrogen (secondary N) is 1. The van der Waals surface area contributed by atoms with Crippen LogP contribution in [0.4, 0.5) is 11.4 Å². The van der Waals surface area contributed by atoms with Crippen molar-refractivity contribution in [1.82, 2.24) is 9.97 Å². The zero-order chi connectivity index (χ0) is 23.8. The summed E-state index contributed by atoms with van der Waals surface area (Å²) >= 11 is 1.63. The number of fused-ring (bicyclic) bond motifs is 1. The minimum atomic E-state index is -0.282. The van der Waals surface area contributed by atoms with Gasteiger partial charge in [-0.15, -0.1) is 11.3 Å². The molecule has 4 heterocycles. The predicted molar refractivity (Wildman–Crippen MR) is 137 cm³/mol. The van der Waals surface area contributed by atoms with Crippen LogP contribution in [0, 0.1) is 0 Å². The molecule has 1 aliphatic rings. The third-order valence-corrected chi connectivity index (χ3v) is 6.73. The Morgan fingerprint density at radius 2 is 2.00 bits per heavy atom. The lowest BCUT2D eigenvalue weighted by Gasteiger charge is -2.14. The highest BCUT2D eigenvalue weighted by molar-refractivity contribution is 7.13. The number of nitrogen functional groups attached to an aromatic ring is 1. The fraction of sp³-hybridized carbons (Fsp3) is 0.0741. The van der Waals surface area contributed by atoms with E-state index in [4.69, 9.17) is 24.9 Å². The first-order valence-corrected chi connectivity index (χ1v) is 11.9. The highest BCUT2D eigenvalue weighted by atomic mass is 32.1. The number of rotatable bonds is 5. The average molecular weight is 481 g/mol. The van der Waals surface area contributed by atoms with Gasteiger partial charge >= 0.3 is 0 Å². The molecule has 2 aromatic carbocycles. The lowest BCUT2D eigenvalue weighted by molar-refractivity contribution is 0.102. The second kappa shape index (κ2) is 8.73. The Labute approximate surface area is 204 Å². The molecule has 1 amide bonds. The number of nitrogens with two attached hydrogens (primary N) is 1. The Kier molecular flexibility index (Phi) is 5.27. The van der Waals surface area contributed by atoms with E-state index < -0.39 is 0 Å². The number of carbonyl (C=O) groups is 1. The zero-order valence-corrected chi connectivity index (χ0v) is 19.3. The van der Waals surface area contributed by atoms with Crippen LogP contribution in [0.1, 0.15) is 28.6 Å². The number of aromatic nitrogens is 2. The van der Waals surface area contributed by atoms with Crippen LogP contribution in [0.25, 0.3) is 32.9 Å². The summed E-state index contributed by atoms with van der Waals surface area (Å²) in [6.07, 6.45) is 5.70. The van der Waals surface area contributed by atoms with Crippen LogP contribution < -0.4 is 11.1 Å². The van der Waals surface area contributed by atoms with Crippen LogP contribution in [0.5, 0.6) is 0 Å². The number of furan rings is 1. The van der Waals surface area contributed by atoms with Crippen molar-refractivity contribution in [3.8, 4) is 21.9 Å². The first-order chi connectivity index (χ1) is 17.2. The lowest BCUT2D eigenvalue weighted by Crippen LogP contribution is -2.13. The molecule has 0 bridgehead atoms. The summed E-state index contributed by atoms with van der Waals surface area (Å²) in [7, 11) is 0. The summed E-state index contributed by atoms with van der Waals surface area (Å²) in [6, 6.07) is 18.5. The second-order valence-electron chi connectivity index (χ2n) is 8.10. The molecule has 35 heavy (non-hydrogen) atoms. The van der Waals surface area contributed by atoms with Gasteiger partial charge in [-0.05, 0) is 65.6 Å². The molecule has 0 spiro atoms. The smallest absolute Gasteiger partial charge is 0.255 e. The summed E-state index contributed by atoms with van der Waals surface area (Å²) in [4.78, 5) is 23.9. The van der Waals surface area contributed by atoms with Crippen LogP contribution >= 0.6 is 11.3 Å². The van der Waals surface area contributed by atoms with Crippen molar-refractivity contribution in [3.05, 3.63) is 95.9 Å². The largest absolute Gasteiger partial charge is 0.492 e. The van der Waals surface area contributed by atoms with Gasteiger partial charge in [0.1, 0.15) is 17.5 Å². The number of carbonyl (C=O) groups excluding carboxylic acids is 1. The molecule has 172 valence electrons. The number of benzene rings is 2. The van der Waals surface area contributed by atoms with Crippen molar-refractivity contribution in [2.24, 2.45) is 0 Å². The van der Waals surface area contributed by atoms with E-state index in [1.54, 1.807) is 54.2 Å². The molecule has 3 aromatic heterocycles. The molecule has 1 atom stereocenters. The Morgan fingerprint density at radius 1 is 1.06 bits per heavy atom. The molecule has 7 nitrogen and oxygen atoms in total. The number of anilines is 2. The molecular formula is C27H20N4O3S. The number of nitrogens with zero attached hydrogens (tertiary/aromatic N) is 2. The van der Waals surface area contributed by atoms with E-state index in [-0.39, 0.29) is 12.0 Å². The van der Waals surface area contributed by atoms with Gasteiger partial charge in [0.05, 0.1) is 34.9 Å². The highest BCUT2D eigenvalue weighted by Crippen LogP contribution is 2.34. The van der Waals surface area contributed by atoms with Gasteiger partial charge in [-0.3, -0.25) is 4.79 Å². The summed E-state index contributed by atoms with van der Waals surface area (Å²) in [5.41, 5.74) is 11.2. The van der Waals surface area contributed by atoms with Crippen LogP contribution in [0.15, 0.2) is 89.1 Å². The molecule has 0 aliphatic carbocycles. The van der Waals surface area contributed by atoms with Gasteiger partial charge < -0.3 is 20.2 Å². The molecule has 0 fully saturated rings. The lowest BCUT2D eigenvalue weighted by atomic mass is 10.1. The van der Waals surface area contributed by atoms with Crippen LogP contribution in [0.2, 0.25) is 0 Å². The van der Waals surface area contributed by atoms with Crippen molar-refractivity contribution in [2.45, 2.75) is 12.5 Å². The zero-order valence-electron chi connectivity index (χ0n) is 18.5. The highest BCUT2D eigenvalue weighted by Gasteiger charge is 2.24. The summed E-state index contributed by atoms with van der Waals surface area (Å²) in [5, 5.41) is 4.95. The molecule has 0 saturated heterocycles. The number of hydrogen-bond donors (Lipinski definition) is 2. The normalized spacial score (nSPS) is 14.8. The summed E-state index contributed by atoms with van der Waals surface area (Å²) in [6.45, 7) is 0. The maximum Gasteiger partial charge on any atom is 0.255 e. The molecule has 1 unspecified atom stereocenters. The van der Waals surface area contributed by atoms with Crippen LogP contribution in [-0.4, -0.2) is 15.9 Å². The third kappa shape index (κ3) is 4.04.